The fourth-order valence-corrected chi connectivity index (χ4v) is 8.95. The van der Waals surface area contributed by atoms with Gasteiger partial charge in [-0.05, 0) is 93.9 Å². The molecule has 3 heterocycles. The summed E-state index contributed by atoms with van der Waals surface area (Å²) in [4.78, 5) is 5.48. The zero-order valence-corrected chi connectivity index (χ0v) is 32.1. The fraction of sp³-hybridized carbons (Fsp3) is 0.0556. The van der Waals surface area contributed by atoms with E-state index in [0.29, 0.717) is 0 Å². The molecular weight excluding hydrogens is 707 g/mol. The van der Waals surface area contributed by atoms with Crippen LogP contribution in [-0.4, -0.2) is 10.4 Å². The van der Waals surface area contributed by atoms with Crippen LogP contribution in [0.2, 0.25) is 0 Å². The Kier molecular flexibility index (Phi) is 8.14. The van der Waals surface area contributed by atoms with Crippen LogP contribution < -0.4 is 5.32 Å². The Bertz CT molecular complexity index is 3230. The second-order valence-electron chi connectivity index (χ2n) is 15.0. The number of nitrogens with one attached hydrogen (secondary N) is 1. The third kappa shape index (κ3) is 5.64. The predicted octanol–water partition coefficient (Wildman–Crippen LogP) is 13.9. The Morgan fingerprint density at radius 1 is 0.500 bits per heavy atom. The predicted molar refractivity (Wildman–Crippen MR) is 241 cm³/mol. The number of para-hydroxylation sites is 1. The molecule has 58 heavy (non-hydrogen) atoms. The highest BCUT2D eigenvalue weighted by Crippen LogP contribution is 2.44. The minimum atomic E-state index is -0.201. The second kappa shape index (κ2) is 13.9. The molecular formula is C54H39N3O. The van der Waals surface area contributed by atoms with Crippen LogP contribution in [0.15, 0.2) is 209 Å². The first kappa shape index (κ1) is 33.9. The lowest BCUT2D eigenvalue weighted by atomic mass is 9.88. The summed E-state index contributed by atoms with van der Waals surface area (Å²) < 4.78 is 9.00. The van der Waals surface area contributed by atoms with Gasteiger partial charge in [-0.3, -0.25) is 4.99 Å². The quantitative estimate of drug-likeness (QED) is 0.176. The van der Waals surface area contributed by atoms with Crippen LogP contribution in [0.3, 0.4) is 0 Å². The molecule has 0 aliphatic carbocycles. The van der Waals surface area contributed by atoms with Gasteiger partial charge in [0, 0.05) is 38.5 Å². The topological polar surface area (TPSA) is 42.5 Å². The third-order valence-corrected chi connectivity index (χ3v) is 11.7. The molecule has 0 amide bonds. The number of aliphatic imine (C=N–C) groups is 1. The molecule has 1 aliphatic rings. The summed E-state index contributed by atoms with van der Waals surface area (Å²) in [7, 11) is 0. The maximum Gasteiger partial charge on any atom is 0.135 e. The van der Waals surface area contributed by atoms with Crippen molar-refractivity contribution in [3.8, 4) is 27.9 Å². The second-order valence-corrected chi connectivity index (χ2v) is 15.0. The average molecular weight is 746 g/mol. The molecule has 11 rings (SSSR count). The molecule has 4 heteroatoms. The van der Waals surface area contributed by atoms with E-state index < -0.39 is 0 Å². The molecule has 0 radical (unpaired) electrons. The standard InChI is InChI=1S/C54H39N3O/c1-2-42-52(36-18-8-4-9-19-36)55-54(37-20-10-5-11-21-37)56-53(42)44-25-15-27-50-51(44)46-34-40(29-31-49(46)58-50)39-28-30-48-45(33-39)43-24-12-13-26-47(43)57(48)41-23-14-22-38(32-41)35-16-6-3-7-17-35/h3-34,53H,2H2,1H3,(H,55,56). The molecule has 0 bridgehead atoms. The van der Waals surface area contributed by atoms with E-state index >= 15 is 0 Å². The van der Waals surface area contributed by atoms with Crippen LogP contribution >= 0.6 is 0 Å². The summed E-state index contributed by atoms with van der Waals surface area (Å²) in [5.74, 6) is 0.867. The Hall–Kier alpha value is -7.43. The fourth-order valence-electron chi connectivity index (χ4n) is 8.95. The SMILES string of the molecule is CCC1=C(c2ccccc2)NC(c2ccccc2)=NC1c1cccc2oc3ccc(-c4ccc5c(c4)c4ccccc4n5-c4cccc(-c5ccccc5)c4)cc3c12. The van der Waals surface area contributed by atoms with E-state index in [1.54, 1.807) is 0 Å². The normalized spacial score (nSPS) is 14.4. The van der Waals surface area contributed by atoms with Crippen molar-refractivity contribution >= 4 is 55.3 Å². The van der Waals surface area contributed by atoms with Crippen LogP contribution in [0.1, 0.15) is 36.1 Å². The first-order valence-electron chi connectivity index (χ1n) is 20.0. The number of furan rings is 1. The van der Waals surface area contributed by atoms with Gasteiger partial charge in [-0.2, -0.15) is 0 Å². The Morgan fingerprint density at radius 2 is 1.12 bits per heavy atom. The molecule has 1 unspecified atom stereocenters. The maximum absolute atomic E-state index is 6.60. The van der Waals surface area contributed by atoms with Crippen LogP contribution in [-0.2, 0) is 0 Å². The lowest BCUT2D eigenvalue weighted by Gasteiger charge is -2.29. The number of fused-ring (bicyclic) bond motifs is 6. The summed E-state index contributed by atoms with van der Waals surface area (Å²) in [6, 6.07) is 69.0. The van der Waals surface area contributed by atoms with Gasteiger partial charge in [0.25, 0.3) is 0 Å². The van der Waals surface area contributed by atoms with Crippen molar-refractivity contribution in [1.82, 2.24) is 9.88 Å². The van der Waals surface area contributed by atoms with Crippen molar-refractivity contribution in [2.24, 2.45) is 4.99 Å². The summed E-state index contributed by atoms with van der Waals surface area (Å²) in [5, 5.41) is 8.40. The summed E-state index contributed by atoms with van der Waals surface area (Å²) in [5.41, 5.74) is 15.7. The molecule has 10 aromatic rings. The van der Waals surface area contributed by atoms with Crippen molar-refractivity contribution in [1.29, 1.82) is 0 Å². The Morgan fingerprint density at radius 3 is 1.90 bits per heavy atom. The van der Waals surface area contributed by atoms with E-state index in [4.69, 9.17) is 9.41 Å². The van der Waals surface area contributed by atoms with Gasteiger partial charge in [0.1, 0.15) is 23.0 Å². The van der Waals surface area contributed by atoms with Crippen molar-refractivity contribution in [2.75, 3.05) is 0 Å². The summed E-state index contributed by atoms with van der Waals surface area (Å²) in [6.45, 7) is 2.23. The van der Waals surface area contributed by atoms with Gasteiger partial charge in [0.05, 0.1) is 11.0 Å². The summed E-state index contributed by atoms with van der Waals surface area (Å²) in [6.07, 6.45) is 0.842. The monoisotopic (exact) mass is 745 g/mol. The van der Waals surface area contributed by atoms with E-state index in [9.17, 15) is 0 Å². The van der Waals surface area contributed by atoms with E-state index in [0.717, 1.165) is 73.4 Å². The van der Waals surface area contributed by atoms with Gasteiger partial charge in [-0.25, -0.2) is 0 Å². The van der Waals surface area contributed by atoms with Gasteiger partial charge in [0.2, 0.25) is 0 Å². The molecule has 0 saturated carbocycles. The first-order valence-corrected chi connectivity index (χ1v) is 20.0. The third-order valence-electron chi connectivity index (χ3n) is 11.7. The molecule has 2 aromatic heterocycles. The lowest BCUT2D eigenvalue weighted by molar-refractivity contribution is 0.668. The zero-order valence-electron chi connectivity index (χ0n) is 32.1. The minimum absolute atomic E-state index is 0.201. The van der Waals surface area contributed by atoms with Crippen LogP contribution in [0.5, 0.6) is 0 Å². The molecule has 1 aliphatic heterocycles. The van der Waals surface area contributed by atoms with Crippen LogP contribution in [0.25, 0.3) is 77.4 Å². The van der Waals surface area contributed by atoms with Gasteiger partial charge in [-0.1, -0.05) is 153 Å². The maximum atomic E-state index is 6.60. The summed E-state index contributed by atoms with van der Waals surface area (Å²) >= 11 is 0. The highest BCUT2D eigenvalue weighted by molar-refractivity contribution is 6.12. The van der Waals surface area contributed by atoms with E-state index in [1.165, 1.54) is 38.5 Å². The number of hydrogen-bond acceptors (Lipinski definition) is 3. The lowest BCUT2D eigenvalue weighted by Crippen LogP contribution is -2.30. The Balaban J connectivity index is 1.07. The van der Waals surface area contributed by atoms with Crippen LogP contribution in [0, 0.1) is 0 Å². The number of rotatable bonds is 7. The minimum Gasteiger partial charge on any atom is -0.456 e. The molecule has 4 nitrogen and oxygen atoms in total. The number of aromatic nitrogens is 1. The van der Waals surface area contributed by atoms with Gasteiger partial charge < -0.3 is 14.3 Å². The number of benzene rings is 8. The van der Waals surface area contributed by atoms with Gasteiger partial charge >= 0.3 is 0 Å². The molecule has 1 N–H and O–H groups in total. The van der Waals surface area contributed by atoms with Gasteiger partial charge in [-0.15, -0.1) is 0 Å². The van der Waals surface area contributed by atoms with E-state index in [1.807, 2.05) is 6.07 Å². The average Bonchev–Trinajstić information content (AvgIpc) is 3.85. The van der Waals surface area contributed by atoms with Crippen LogP contribution in [0.4, 0.5) is 0 Å². The molecule has 8 aromatic carbocycles. The Labute approximate surface area is 337 Å². The molecule has 276 valence electrons. The molecule has 1 atom stereocenters. The molecule has 0 saturated heterocycles. The van der Waals surface area contributed by atoms with Crippen molar-refractivity contribution < 1.29 is 4.42 Å². The zero-order chi connectivity index (χ0) is 38.6. The van der Waals surface area contributed by atoms with Gasteiger partial charge in [0.15, 0.2) is 0 Å². The largest absolute Gasteiger partial charge is 0.456 e. The smallest absolute Gasteiger partial charge is 0.135 e. The molecule has 0 fully saturated rings. The number of hydrogen-bond donors (Lipinski definition) is 1. The molecule has 0 spiro atoms. The van der Waals surface area contributed by atoms with Crippen molar-refractivity contribution in [3.05, 3.63) is 216 Å². The van der Waals surface area contributed by atoms with E-state index in [2.05, 4.69) is 205 Å². The van der Waals surface area contributed by atoms with E-state index in [-0.39, 0.29) is 6.04 Å². The number of amidine groups is 1. The number of nitrogens with zero attached hydrogens (tertiary/aromatic N) is 2. The first-order chi connectivity index (χ1) is 28.7. The highest BCUT2D eigenvalue weighted by atomic mass is 16.3. The van der Waals surface area contributed by atoms with Crippen molar-refractivity contribution in [3.63, 3.8) is 0 Å². The highest BCUT2D eigenvalue weighted by Gasteiger charge is 2.29. The van der Waals surface area contributed by atoms with Crippen molar-refractivity contribution in [2.45, 2.75) is 19.4 Å².